The molecule has 2 aromatic heterocycles. The molecule has 0 aromatic carbocycles. The zero-order chi connectivity index (χ0) is 12.4. The summed E-state index contributed by atoms with van der Waals surface area (Å²) in [5.74, 6) is 1.85. The van der Waals surface area contributed by atoms with E-state index in [1.54, 1.807) is 12.3 Å². The molecule has 0 bridgehead atoms. The lowest BCUT2D eigenvalue weighted by atomic mass is 9.94. The lowest BCUT2D eigenvalue weighted by molar-refractivity contribution is 0.260. The van der Waals surface area contributed by atoms with Crippen molar-refractivity contribution in [3.63, 3.8) is 0 Å². The zero-order valence-electron chi connectivity index (χ0n) is 10.2. The van der Waals surface area contributed by atoms with E-state index in [1.807, 2.05) is 0 Å². The SMILES string of the molecule is CC1CCNC(c2nc(-c3ccncn3)no2)C1. The molecule has 6 nitrogen and oxygen atoms in total. The van der Waals surface area contributed by atoms with E-state index in [1.165, 1.54) is 12.7 Å². The summed E-state index contributed by atoms with van der Waals surface area (Å²) in [6.45, 7) is 3.24. The van der Waals surface area contributed by atoms with Gasteiger partial charge in [-0.25, -0.2) is 9.97 Å². The Kier molecular flexibility index (Phi) is 3.02. The topological polar surface area (TPSA) is 76.7 Å². The summed E-state index contributed by atoms with van der Waals surface area (Å²) < 4.78 is 5.32. The Morgan fingerprint density at radius 1 is 1.44 bits per heavy atom. The molecule has 0 radical (unpaired) electrons. The lowest BCUT2D eigenvalue weighted by Gasteiger charge is -2.25. The molecule has 1 aliphatic heterocycles. The summed E-state index contributed by atoms with van der Waals surface area (Å²) in [6, 6.07) is 1.93. The number of hydrogen-bond donors (Lipinski definition) is 1. The fraction of sp³-hybridized carbons (Fsp3) is 0.500. The van der Waals surface area contributed by atoms with Crippen molar-refractivity contribution in [3.05, 3.63) is 24.5 Å². The van der Waals surface area contributed by atoms with Gasteiger partial charge in [0.1, 0.15) is 12.0 Å². The summed E-state index contributed by atoms with van der Waals surface area (Å²) in [6.07, 6.45) is 5.38. The number of aromatic nitrogens is 4. The molecule has 1 N–H and O–H groups in total. The van der Waals surface area contributed by atoms with Crippen LogP contribution in [0.25, 0.3) is 11.5 Å². The Hall–Kier alpha value is -1.82. The van der Waals surface area contributed by atoms with Crippen molar-refractivity contribution in [2.75, 3.05) is 6.54 Å². The first-order valence-corrected chi connectivity index (χ1v) is 6.16. The Balaban J connectivity index is 1.81. The quantitative estimate of drug-likeness (QED) is 0.865. The van der Waals surface area contributed by atoms with Crippen LogP contribution in [0.15, 0.2) is 23.1 Å². The van der Waals surface area contributed by atoms with Gasteiger partial charge in [-0.1, -0.05) is 12.1 Å². The smallest absolute Gasteiger partial charge is 0.244 e. The summed E-state index contributed by atoms with van der Waals surface area (Å²) in [7, 11) is 0. The van der Waals surface area contributed by atoms with Crippen LogP contribution >= 0.6 is 0 Å². The largest absolute Gasteiger partial charge is 0.337 e. The van der Waals surface area contributed by atoms with E-state index in [2.05, 4.69) is 32.3 Å². The highest BCUT2D eigenvalue weighted by atomic mass is 16.5. The maximum Gasteiger partial charge on any atom is 0.244 e. The molecule has 0 saturated carbocycles. The molecule has 2 aromatic rings. The predicted octanol–water partition coefficient (Wildman–Crippen LogP) is 1.59. The molecule has 94 valence electrons. The maximum absolute atomic E-state index is 5.32. The van der Waals surface area contributed by atoms with Gasteiger partial charge in [0.25, 0.3) is 0 Å². The van der Waals surface area contributed by atoms with Gasteiger partial charge in [-0.3, -0.25) is 0 Å². The Bertz CT molecular complexity index is 512. The second kappa shape index (κ2) is 4.81. The summed E-state index contributed by atoms with van der Waals surface area (Å²) >= 11 is 0. The van der Waals surface area contributed by atoms with E-state index in [4.69, 9.17) is 4.52 Å². The number of hydrogen-bond acceptors (Lipinski definition) is 6. The van der Waals surface area contributed by atoms with Crippen molar-refractivity contribution >= 4 is 0 Å². The summed E-state index contributed by atoms with van der Waals surface area (Å²) in [5.41, 5.74) is 0.684. The first-order chi connectivity index (χ1) is 8.83. The minimum Gasteiger partial charge on any atom is -0.337 e. The van der Waals surface area contributed by atoms with Crippen LogP contribution in [0.5, 0.6) is 0 Å². The van der Waals surface area contributed by atoms with Crippen LogP contribution in [0.4, 0.5) is 0 Å². The van der Waals surface area contributed by atoms with Gasteiger partial charge >= 0.3 is 0 Å². The molecular weight excluding hydrogens is 230 g/mol. The number of nitrogens with one attached hydrogen (secondary N) is 1. The van der Waals surface area contributed by atoms with Gasteiger partial charge in [-0.15, -0.1) is 0 Å². The molecule has 1 saturated heterocycles. The predicted molar refractivity (Wildman–Crippen MR) is 64.5 cm³/mol. The fourth-order valence-electron chi connectivity index (χ4n) is 2.20. The first kappa shape index (κ1) is 11.3. The van der Waals surface area contributed by atoms with Crippen LogP contribution < -0.4 is 5.32 Å². The van der Waals surface area contributed by atoms with E-state index >= 15 is 0 Å². The zero-order valence-corrected chi connectivity index (χ0v) is 10.2. The average Bonchev–Trinajstić information content (AvgIpc) is 2.89. The minimum absolute atomic E-state index is 0.164. The number of nitrogens with zero attached hydrogens (tertiary/aromatic N) is 4. The molecule has 0 spiro atoms. The minimum atomic E-state index is 0.164. The van der Waals surface area contributed by atoms with Crippen molar-refractivity contribution < 1.29 is 4.52 Å². The molecule has 0 amide bonds. The highest BCUT2D eigenvalue weighted by molar-refractivity contribution is 5.46. The van der Waals surface area contributed by atoms with Gasteiger partial charge in [0.05, 0.1) is 6.04 Å². The van der Waals surface area contributed by atoms with Gasteiger partial charge < -0.3 is 9.84 Å². The van der Waals surface area contributed by atoms with Crippen LogP contribution in [0.3, 0.4) is 0 Å². The van der Waals surface area contributed by atoms with E-state index in [0.717, 1.165) is 13.0 Å². The molecule has 1 fully saturated rings. The van der Waals surface area contributed by atoms with Crippen molar-refractivity contribution in [1.82, 2.24) is 25.4 Å². The van der Waals surface area contributed by atoms with Crippen molar-refractivity contribution in [2.45, 2.75) is 25.8 Å². The van der Waals surface area contributed by atoms with Crippen LogP contribution in [0, 0.1) is 5.92 Å². The van der Waals surface area contributed by atoms with E-state index < -0.39 is 0 Å². The van der Waals surface area contributed by atoms with E-state index in [0.29, 0.717) is 23.3 Å². The Morgan fingerprint density at radius 3 is 3.17 bits per heavy atom. The van der Waals surface area contributed by atoms with E-state index in [9.17, 15) is 0 Å². The molecular formula is C12H15N5O. The molecule has 1 aliphatic rings. The first-order valence-electron chi connectivity index (χ1n) is 6.16. The molecule has 3 heterocycles. The number of piperidine rings is 1. The van der Waals surface area contributed by atoms with Gasteiger partial charge in [0.15, 0.2) is 0 Å². The maximum atomic E-state index is 5.32. The third kappa shape index (κ3) is 2.24. The van der Waals surface area contributed by atoms with Gasteiger partial charge in [-0.05, 0) is 31.4 Å². The molecule has 2 unspecified atom stereocenters. The third-order valence-corrected chi connectivity index (χ3v) is 3.22. The lowest BCUT2D eigenvalue weighted by Crippen LogP contribution is -2.30. The standard InChI is InChI=1S/C12H15N5O/c1-8-2-5-14-10(6-8)12-16-11(17-18-12)9-3-4-13-7-15-9/h3-4,7-8,10,14H,2,5-6H2,1H3. The van der Waals surface area contributed by atoms with Crippen LogP contribution in [0.1, 0.15) is 31.7 Å². The molecule has 6 heteroatoms. The van der Waals surface area contributed by atoms with Crippen LogP contribution in [-0.2, 0) is 0 Å². The van der Waals surface area contributed by atoms with Crippen LogP contribution in [0.2, 0.25) is 0 Å². The average molecular weight is 245 g/mol. The normalized spacial score (nSPS) is 24.1. The highest BCUT2D eigenvalue weighted by Crippen LogP contribution is 2.26. The van der Waals surface area contributed by atoms with Crippen LogP contribution in [-0.4, -0.2) is 26.7 Å². The molecule has 3 rings (SSSR count). The highest BCUT2D eigenvalue weighted by Gasteiger charge is 2.25. The second-order valence-electron chi connectivity index (χ2n) is 4.69. The van der Waals surface area contributed by atoms with Gasteiger partial charge in [0, 0.05) is 6.20 Å². The molecule has 18 heavy (non-hydrogen) atoms. The monoisotopic (exact) mass is 245 g/mol. The summed E-state index contributed by atoms with van der Waals surface area (Å²) in [4.78, 5) is 12.4. The Labute approximate surface area is 105 Å². The van der Waals surface area contributed by atoms with E-state index in [-0.39, 0.29) is 6.04 Å². The van der Waals surface area contributed by atoms with Crippen molar-refractivity contribution in [2.24, 2.45) is 5.92 Å². The third-order valence-electron chi connectivity index (χ3n) is 3.22. The molecule has 0 aliphatic carbocycles. The summed E-state index contributed by atoms with van der Waals surface area (Å²) in [5, 5.41) is 7.37. The van der Waals surface area contributed by atoms with Gasteiger partial charge in [0.2, 0.25) is 11.7 Å². The van der Waals surface area contributed by atoms with Crippen molar-refractivity contribution in [1.29, 1.82) is 0 Å². The Morgan fingerprint density at radius 2 is 2.39 bits per heavy atom. The second-order valence-corrected chi connectivity index (χ2v) is 4.69. The number of rotatable bonds is 2. The van der Waals surface area contributed by atoms with Crippen molar-refractivity contribution in [3.8, 4) is 11.5 Å². The fourth-order valence-corrected chi connectivity index (χ4v) is 2.20. The van der Waals surface area contributed by atoms with Gasteiger partial charge in [-0.2, -0.15) is 4.98 Å². The molecule has 2 atom stereocenters.